The summed E-state index contributed by atoms with van der Waals surface area (Å²) in [5.74, 6) is 0.344. The van der Waals surface area contributed by atoms with Crippen LogP contribution in [-0.4, -0.2) is 40.6 Å². The summed E-state index contributed by atoms with van der Waals surface area (Å²) in [6.07, 6.45) is 5.82. The van der Waals surface area contributed by atoms with Crippen molar-refractivity contribution in [3.05, 3.63) is 42.5 Å². The fourth-order valence-electron chi connectivity index (χ4n) is 3.39. The summed E-state index contributed by atoms with van der Waals surface area (Å²) in [5.41, 5.74) is 1.18. The van der Waals surface area contributed by atoms with Gasteiger partial charge in [0.25, 0.3) is 0 Å². The summed E-state index contributed by atoms with van der Waals surface area (Å²) in [6.45, 7) is 3.32. The molecule has 5 heteroatoms. The first kappa shape index (κ1) is 13.6. The van der Waals surface area contributed by atoms with Gasteiger partial charge in [-0.2, -0.15) is 0 Å². The molecule has 0 amide bonds. The second-order valence-corrected chi connectivity index (χ2v) is 6.03. The van der Waals surface area contributed by atoms with Gasteiger partial charge in [-0.3, -0.25) is 4.90 Å². The molecule has 3 aliphatic rings. The average Bonchev–Trinajstić information content (AvgIpc) is 2.57. The van der Waals surface area contributed by atoms with Gasteiger partial charge in [0, 0.05) is 30.1 Å². The lowest BCUT2D eigenvalue weighted by Crippen LogP contribution is -2.52. The molecule has 3 fully saturated rings. The van der Waals surface area contributed by atoms with E-state index in [-0.39, 0.29) is 11.9 Å². The lowest BCUT2D eigenvalue weighted by molar-refractivity contribution is -0.0123. The highest BCUT2D eigenvalue weighted by atomic mass is 19.1. The maximum Gasteiger partial charge on any atom is 0.316 e. The van der Waals surface area contributed by atoms with Crippen LogP contribution >= 0.6 is 0 Å². The topological polar surface area (TPSA) is 38.2 Å². The summed E-state index contributed by atoms with van der Waals surface area (Å²) < 4.78 is 19.7. The predicted molar refractivity (Wildman–Crippen MR) is 81.0 cm³/mol. The third-order valence-electron chi connectivity index (χ3n) is 4.67. The Hall–Kier alpha value is -2.01. The van der Waals surface area contributed by atoms with Gasteiger partial charge in [-0.25, -0.2) is 14.4 Å². The van der Waals surface area contributed by atoms with Gasteiger partial charge in [0.1, 0.15) is 11.9 Å². The first-order chi connectivity index (χ1) is 10.8. The molecule has 5 rings (SSSR count). The van der Waals surface area contributed by atoms with E-state index >= 15 is 0 Å². The lowest BCUT2D eigenvalue weighted by Gasteiger charge is -2.43. The van der Waals surface area contributed by atoms with Crippen molar-refractivity contribution in [1.82, 2.24) is 14.9 Å². The Bertz CT molecular complexity index is 653. The number of fused-ring (bicyclic) bond motifs is 3. The molecule has 3 aliphatic heterocycles. The van der Waals surface area contributed by atoms with Gasteiger partial charge in [-0.05, 0) is 37.9 Å². The number of ether oxygens (including phenoxy) is 1. The Balaban J connectivity index is 1.49. The third-order valence-corrected chi connectivity index (χ3v) is 4.67. The molecule has 0 spiro atoms. The standard InChI is InChI=1S/C17H18FN3O/c18-15-4-2-1-3-14(15)13-9-19-17(20-10-13)22-16-11-21-7-5-12(16)6-8-21/h1-4,9-10,12,16H,5-8,11H2. The van der Waals surface area contributed by atoms with Crippen LogP contribution in [0.4, 0.5) is 4.39 Å². The van der Waals surface area contributed by atoms with E-state index in [1.54, 1.807) is 30.6 Å². The number of aromatic nitrogens is 2. The molecule has 0 aliphatic carbocycles. The SMILES string of the molecule is Fc1ccccc1-c1cnc(OC2CN3CCC2CC3)nc1. The van der Waals surface area contributed by atoms with Crippen LogP contribution in [0.25, 0.3) is 11.1 Å². The molecule has 1 atom stereocenters. The molecular formula is C17H18FN3O. The van der Waals surface area contributed by atoms with E-state index in [0.717, 1.165) is 6.54 Å². The van der Waals surface area contributed by atoms with E-state index in [1.165, 1.54) is 32.0 Å². The van der Waals surface area contributed by atoms with Crippen LogP contribution in [0.3, 0.4) is 0 Å². The van der Waals surface area contributed by atoms with Crippen molar-refractivity contribution in [3.8, 4) is 17.1 Å². The zero-order valence-electron chi connectivity index (χ0n) is 12.3. The average molecular weight is 299 g/mol. The van der Waals surface area contributed by atoms with Gasteiger partial charge in [0.15, 0.2) is 0 Å². The van der Waals surface area contributed by atoms with Crippen molar-refractivity contribution in [2.75, 3.05) is 19.6 Å². The monoisotopic (exact) mass is 299 g/mol. The van der Waals surface area contributed by atoms with Crippen molar-refractivity contribution >= 4 is 0 Å². The van der Waals surface area contributed by atoms with E-state index < -0.39 is 0 Å². The number of piperidine rings is 3. The molecule has 2 bridgehead atoms. The highest BCUT2D eigenvalue weighted by Gasteiger charge is 2.35. The molecule has 3 saturated heterocycles. The van der Waals surface area contributed by atoms with Crippen molar-refractivity contribution in [3.63, 3.8) is 0 Å². The predicted octanol–water partition coefficient (Wildman–Crippen LogP) is 2.76. The molecule has 4 nitrogen and oxygen atoms in total. The highest BCUT2D eigenvalue weighted by Crippen LogP contribution is 2.30. The third kappa shape index (κ3) is 2.57. The summed E-state index contributed by atoms with van der Waals surface area (Å²) in [7, 11) is 0. The van der Waals surface area contributed by atoms with Crippen LogP contribution in [-0.2, 0) is 0 Å². The van der Waals surface area contributed by atoms with E-state index in [2.05, 4.69) is 14.9 Å². The smallest absolute Gasteiger partial charge is 0.316 e. The zero-order chi connectivity index (χ0) is 14.9. The quantitative estimate of drug-likeness (QED) is 0.873. The van der Waals surface area contributed by atoms with Gasteiger partial charge < -0.3 is 4.74 Å². The van der Waals surface area contributed by atoms with Gasteiger partial charge >= 0.3 is 6.01 Å². The molecule has 1 unspecified atom stereocenters. The van der Waals surface area contributed by atoms with Crippen molar-refractivity contribution in [2.45, 2.75) is 18.9 Å². The molecule has 1 aromatic carbocycles. The number of hydrogen-bond donors (Lipinski definition) is 0. The normalized spacial score (nSPS) is 26.9. The second-order valence-electron chi connectivity index (χ2n) is 6.03. The van der Waals surface area contributed by atoms with Crippen LogP contribution in [0.15, 0.2) is 36.7 Å². The zero-order valence-corrected chi connectivity index (χ0v) is 12.3. The molecule has 4 heterocycles. The van der Waals surface area contributed by atoms with E-state index in [0.29, 0.717) is 23.1 Å². The first-order valence-corrected chi connectivity index (χ1v) is 7.75. The summed E-state index contributed by atoms with van der Waals surface area (Å²) in [5, 5.41) is 0. The first-order valence-electron chi connectivity index (χ1n) is 7.75. The van der Waals surface area contributed by atoms with Crippen molar-refractivity contribution in [2.24, 2.45) is 5.92 Å². The number of halogens is 1. The molecule has 0 radical (unpaired) electrons. The Kier molecular flexibility index (Phi) is 3.50. The van der Waals surface area contributed by atoms with Crippen LogP contribution in [0.1, 0.15) is 12.8 Å². The van der Waals surface area contributed by atoms with Crippen LogP contribution in [0.2, 0.25) is 0 Å². The Morgan fingerprint density at radius 1 is 1.09 bits per heavy atom. The Morgan fingerprint density at radius 2 is 1.82 bits per heavy atom. The fourth-order valence-corrected chi connectivity index (χ4v) is 3.39. The maximum atomic E-state index is 13.8. The van der Waals surface area contributed by atoms with Crippen LogP contribution in [0.5, 0.6) is 6.01 Å². The fraction of sp³-hybridized carbons (Fsp3) is 0.412. The Labute approximate surface area is 129 Å². The van der Waals surface area contributed by atoms with Gasteiger partial charge in [0.2, 0.25) is 0 Å². The minimum atomic E-state index is -0.267. The van der Waals surface area contributed by atoms with Crippen molar-refractivity contribution in [1.29, 1.82) is 0 Å². The Morgan fingerprint density at radius 3 is 2.45 bits per heavy atom. The van der Waals surface area contributed by atoms with E-state index in [1.807, 2.05) is 0 Å². The summed E-state index contributed by atoms with van der Waals surface area (Å²) in [6, 6.07) is 7.02. The molecule has 114 valence electrons. The highest BCUT2D eigenvalue weighted by molar-refractivity contribution is 5.62. The number of hydrogen-bond acceptors (Lipinski definition) is 4. The summed E-state index contributed by atoms with van der Waals surface area (Å²) in [4.78, 5) is 10.9. The number of benzene rings is 1. The lowest BCUT2D eigenvalue weighted by atomic mass is 9.86. The molecule has 0 N–H and O–H groups in total. The second kappa shape index (κ2) is 5.65. The maximum absolute atomic E-state index is 13.8. The van der Waals surface area contributed by atoms with Gasteiger partial charge in [0.05, 0.1) is 0 Å². The molecular weight excluding hydrogens is 281 g/mol. The summed E-state index contributed by atoms with van der Waals surface area (Å²) >= 11 is 0. The van der Waals surface area contributed by atoms with E-state index in [4.69, 9.17) is 4.74 Å². The number of rotatable bonds is 3. The molecule has 2 aromatic rings. The van der Waals surface area contributed by atoms with Crippen LogP contribution < -0.4 is 4.74 Å². The number of nitrogens with zero attached hydrogens (tertiary/aromatic N) is 3. The van der Waals surface area contributed by atoms with E-state index in [9.17, 15) is 4.39 Å². The molecule has 1 aromatic heterocycles. The van der Waals surface area contributed by atoms with Gasteiger partial charge in [-0.15, -0.1) is 0 Å². The van der Waals surface area contributed by atoms with Gasteiger partial charge in [-0.1, -0.05) is 18.2 Å². The molecule has 22 heavy (non-hydrogen) atoms. The minimum Gasteiger partial charge on any atom is -0.458 e. The largest absolute Gasteiger partial charge is 0.458 e. The van der Waals surface area contributed by atoms with Crippen molar-refractivity contribution < 1.29 is 9.13 Å². The molecule has 0 saturated carbocycles. The minimum absolute atomic E-state index is 0.182. The van der Waals surface area contributed by atoms with Crippen LogP contribution in [0, 0.1) is 11.7 Å².